The summed E-state index contributed by atoms with van der Waals surface area (Å²) in [6, 6.07) is 12.4. The van der Waals surface area contributed by atoms with Crippen LogP contribution in [0.4, 0.5) is 0 Å². The summed E-state index contributed by atoms with van der Waals surface area (Å²) in [4.78, 5) is 17.5. The summed E-state index contributed by atoms with van der Waals surface area (Å²) in [6.45, 7) is 4.99. The van der Waals surface area contributed by atoms with E-state index in [-0.39, 0.29) is 11.6 Å². The first-order valence-electron chi connectivity index (χ1n) is 12.3. The number of likely N-dealkylation sites (tertiary alicyclic amines) is 1. The van der Waals surface area contributed by atoms with Gasteiger partial charge in [0, 0.05) is 42.8 Å². The number of carboxylic acids is 1. The van der Waals surface area contributed by atoms with Crippen molar-refractivity contribution < 1.29 is 14.6 Å². The van der Waals surface area contributed by atoms with Crippen molar-refractivity contribution in [3.63, 3.8) is 0 Å². The molecular weight excluding hydrogens is 412 g/mol. The van der Waals surface area contributed by atoms with E-state index in [4.69, 9.17) is 4.74 Å². The van der Waals surface area contributed by atoms with Crippen LogP contribution in [0.5, 0.6) is 0 Å². The molecule has 1 saturated carbocycles. The zero-order chi connectivity index (χ0) is 22.6. The SMILES string of the molecule is Cc1cc(C2CC2)c(CN2CC[C@@]3(CCCO3)C[C@H]2c2ccc(C(=O)O)cc2)c2cc[nH]c12. The Labute approximate surface area is 194 Å². The number of piperidine rings is 1. The molecule has 2 N–H and O–H groups in total. The Bertz CT molecular complexity index is 1190. The molecule has 1 aromatic heterocycles. The van der Waals surface area contributed by atoms with Crippen molar-refractivity contribution in [2.75, 3.05) is 13.2 Å². The number of nitrogens with one attached hydrogen (secondary N) is 1. The van der Waals surface area contributed by atoms with Crippen molar-refractivity contribution >= 4 is 16.9 Å². The molecule has 3 heterocycles. The van der Waals surface area contributed by atoms with Gasteiger partial charge in [0.2, 0.25) is 0 Å². The minimum Gasteiger partial charge on any atom is -0.478 e. The Morgan fingerprint density at radius 3 is 2.73 bits per heavy atom. The number of rotatable bonds is 5. The maximum Gasteiger partial charge on any atom is 0.335 e. The Kier molecular flexibility index (Phi) is 5.07. The van der Waals surface area contributed by atoms with Crippen LogP contribution in [0.25, 0.3) is 10.9 Å². The number of aromatic nitrogens is 1. The van der Waals surface area contributed by atoms with Gasteiger partial charge in [-0.25, -0.2) is 4.79 Å². The molecule has 3 aromatic rings. The number of hydrogen-bond donors (Lipinski definition) is 2. The molecule has 2 aromatic carbocycles. The summed E-state index contributed by atoms with van der Waals surface area (Å²) in [5.74, 6) is -0.179. The van der Waals surface area contributed by atoms with Crippen LogP contribution in [-0.2, 0) is 11.3 Å². The molecule has 5 nitrogen and oxygen atoms in total. The molecule has 6 rings (SSSR count). The lowest BCUT2D eigenvalue weighted by Crippen LogP contribution is -2.45. The van der Waals surface area contributed by atoms with Crippen LogP contribution in [0.15, 0.2) is 42.6 Å². The molecule has 1 spiro atoms. The van der Waals surface area contributed by atoms with Gasteiger partial charge < -0.3 is 14.8 Å². The van der Waals surface area contributed by atoms with Gasteiger partial charge >= 0.3 is 5.97 Å². The average molecular weight is 445 g/mol. The molecule has 3 fully saturated rings. The molecule has 0 bridgehead atoms. The molecule has 2 atom stereocenters. The summed E-state index contributed by atoms with van der Waals surface area (Å²) >= 11 is 0. The number of hydrogen-bond acceptors (Lipinski definition) is 3. The fraction of sp³-hybridized carbons (Fsp3) is 0.464. The van der Waals surface area contributed by atoms with Gasteiger partial charge in [-0.05, 0) is 91.8 Å². The number of fused-ring (bicyclic) bond motifs is 1. The van der Waals surface area contributed by atoms with E-state index in [0.29, 0.717) is 11.5 Å². The van der Waals surface area contributed by atoms with Crippen LogP contribution < -0.4 is 0 Å². The fourth-order valence-electron chi connectivity index (χ4n) is 6.20. The minimum absolute atomic E-state index is 0.0252. The summed E-state index contributed by atoms with van der Waals surface area (Å²) in [6.07, 6.45) is 8.96. The van der Waals surface area contributed by atoms with Gasteiger partial charge in [-0.15, -0.1) is 0 Å². The molecule has 0 unspecified atom stereocenters. The molecule has 0 amide bonds. The van der Waals surface area contributed by atoms with E-state index in [1.165, 1.54) is 46.0 Å². The van der Waals surface area contributed by atoms with Crippen LogP contribution in [0.2, 0.25) is 0 Å². The molecule has 2 saturated heterocycles. The van der Waals surface area contributed by atoms with E-state index < -0.39 is 5.97 Å². The topological polar surface area (TPSA) is 65.6 Å². The van der Waals surface area contributed by atoms with Crippen LogP contribution >= 0.6 is 0 Å². The number of benzene rings is 2. The number of aryl methyl sites for hydroxylation is 1. The predicted molar refractivity (Wildman–Crippen MR) is 129 cm³/mol. The Morgan fingerprint density at radius 2 is 2.03 bits per heavy atom. The summed E-state index contributed by atoms with van der Waals surface area (Å²) in [7, 11) is 0. The Morgan fingerprint density at radius 1 is 1.21 bits per heavy atom. The van der Waals surface area contributed by atoms with Crippen LogP contribution in [-0.4, -0.2) is 39.7 Å². The third-order valence-corrected chi connectivity index (χ3v) is 8.15. The largest absolute Gasteiger partial charge is 0.478 e. The number of aromatic amines is 1. The lowest BCUT2D eigenvalue weighted by molar-refractivity contribution is -0.0676. The monoisotopic (exact) mass is 444 g/mol. The highest BCUT2D eigenvalue weighted by atomic mass is 16.5. The van der Waals surface area contributed by atoms with Gasteiger partial charge in [-0.3, -0.25) is 4.90 Å². The highest BCUT2D eigenvalue weighted by Gasteiger charge is 2.43. The van der Waals surface area contributed by atoms with E-state index in [9.17, 15) is 9.90 Å². The maximum atomic E-state index is 11.4. The van der Waals surface area contributed by atoms with Gasteiger partial charge in [-0.1, -0.05) is 18.2 Å². The fourth-order valence-corrected chi connectivity index (χ4v) is 6.20. The number of carboxylic acid groups (broad SMARTS) is 1. The lowest BCUT2D eigenvalue weighted by Gasteiger charge is -2.45. The van der Waals surface area contributed by atoms with Gasteiger partial charge in [0.15, 0.2) is 0 Å². The molecule has 1 aliphatic carbocycles. The van der Waals surface area contributed by atoms with Crippen LogP contribution in [0, 0.1) is 6.92 Å². The number of nitrogens with zero attached hydrogens (tertiary/aromatic N) is 1. The van der Waals surface area contributed by atoms with Crippen molar-refractivity contribution in [1.29, 1.82) is 0 Å². The second-order valence-electron chi connectivity index (χ2n) is 10.3. The second-order valence-corrected chi connectivity index (χ2v) is 10.3. The van der Waals surface area contributed by atoms with E-state index in [2.05, 4.69) is 35.1 Å². The Hall–Kier alpha value is -2.63. The van der Waals surface area contributed by atoms with Crippen molar-refractivity contribution in [3.05, 3.63) is 70.4 Å². The predicted octanol–water partition coefficient (Wildman–Crippen LogP) is 5.94. The average Bonchev–Trinajstić information content (AvgIpc) is 3.36. The van der Waals surface area contributed by atoms with Crippen LogP contribution in [0.1, 0.15) is 83.1 Å². The summed E-state index contributed by atoms with van der Waals surface area (Å²) in [5.41, 5.74) is 7.09. The zero-order valence-corrected chi connectivity index (χ0v) is 19.3. The molecule has 5 heteroatoms. The molecule has 33 heavy (non-hydrogen) atoms. The smallest absolute Gasteiger partial charge is 0.335 e. The molecular formula is C28H32N2O3. The first-order chi connectivity index (χ1) is 16.0. The number of aromatic carboxylic acids is 1. The van der Waals surface area contributed by atoms with Crippen molar-refractivity contribution in [2.45, 2.75) is 69.6 Å². The second kappa shape index (κ2) is 8.00. The van der Waals surface area contributed by atoms with Crippen molar-refractivity contribution in [3.8, 4) is 0 Å². The highest BCUT2D eigenvalue weighted by Crippen LogP contribution is 2.47. The molecule has 2 aliphatic heterocycles. The number of ether oxygens (including phenoxy) is 1. The van der Waals surface area contributed by atoms with Gasteiger partial charge in [0.05, 0.1) is 11.2 Å². The third kappa shape index (κ3) is 3.77. The first-order valence-corrected chi connectivity index (χ1v) is 12.3. The van der Waals surface area contributed by atoms with Gasteiger partial charge in [0.1, 0.15) is 0 Å². The summed E-state index contributed by atoms with van der Waals surface area (Å²) in [5, 5.41) is 10.7. The standard InChI is InChI=1S/C28H32N2O3/c1-18-15-23(19-3-4-19)24(22-9-12-29-26(18)22)17-30-13-11-28(10-2-14-33-28)16-25(30)20-5-7-21(8-6-20)27(31)32/h5-9,12,15,19,25,29H,2-4,10-11,13-14,16-17H2,1H3,(H,31,32)/t25-,28-/m0/s1. The number of H-pyrrole nitrogens is 1. The third-order valence-electron chi connectivity index (χ3n) is 8.15. The maximum absolute atomic E-state index is 11.4. The van der Waals surface area contributed by atoms with Crippen molar-refractivity contribution in [1.82, 2.24) is 9.88 Å². The van der Waals surface area contributed by atoms with Gasteiger partial charge in [-0.2, -0.15) is 0 Å². The van der Waals surface area contributed by atoms with Crippen LogP contribution in [0.3, 0.4) is 0 Å². The molecule has 0 radical (unpaired) electrons. The van der Waals surface area contributed by atoms with E-state index in [0.717, 1.165) is 45.4 Å². The minimum atomic E-state index is -0.874. The summed E-state index contributed by atoms with van der Waals surface area (Å²) < 4.78 is 6.31. The van der Waals surface area contributed by atoms with E-state index in [1.54, 1.807) is 12.1 Å². The first kappa shape index (κ1) is 20.9. The highest BCUT2D eigenvalue weighted by molar-refractivity contribution is 5.88. The normalized spacial score (nSPS) is 25.8. The molecule has 172 valence electrons. The Balaban J connectivity index is 1.38. The van der Waals surface area contributed by atoms with Crippen molar-refractivity contribution in [2.24, 2.45) is 0 Å². The quantitative estimate of drug-likeness (QED) is 0.511. The van der Waals surface area contributed by atoms with E-state index >= 15 is 0 Å². The zero-order valence-electron chi connectivity index (χ0n) is 19.3. The van der Waals surface area contributed by atoms with Gasteiger partial charge in [0.25, 0.3) is 0 Å². The molecule has 3 aliphatic rings. The number of carbonyl (C=O) groups is 1. The van der Waals surface area contributed by atoms with E-state index in [1.807, 2.05) is 12.1 Å². The lowest BCUT2D eigenvalue weighted by atomic mass is 9.81.